The maximum absolute atomic E-state index is 12.9. The van der Waals surface area contributed by atoms with Crippen LogP contribution in [0.5, 0.6) is 0 Å². The van der Waals surface area contributed by atoms with Crippen LogP contribution < -0.4 is 5.73 Å². The summed E-state index contributed by atoms with van der Waals surface area (Å²) in [7, 11) is 0. The predicted octanol–water partition coefficient (Wildman–Crippen LogP) is 2.57. The van der Waals surface area contributed by atoms with Crippen molar-refractivity contribution in [3.05, 3.63) is 34.9 Å². The van der Waals surface area contributed by atoms with E-state index in [4.69, 9.17) is 5.73 Å². The molecule has 2 N–H and O–H groups in total. The maximum atomic E-state index is 12.9. The van der Waals surface area contributed by atoms with Crippen LogP contribution in [0, 0.1) is 24.7 Å². The zero-order chi connectivity index (χ0) is 15.4. The Morgan fingerprint density at radius 2 is 2.14 bits per heavy atom. The van der Waals surface area contributed by atoms with Gasteiger partial charge in [0.2, 0.25) is 0 Å². The average Bonchev–Trinajstić information content (AvgIpc) is 3.27. The minimum Gasteiger partial charge on any atom is -0.335 e. The molecule has 2 rings (SSSR count). The van der Waals surface area contributed by atoms with Crippen LogP contribution in [0.25, 0.3) is 0 Å². The molecule has 0 unspecified atom stereocenters. The zero-order valence-electron chi connectivity index (χ0n) is 13.1. The minimum atomic E-state index is 0.139. The highest BCUT2D eigenvalue weighted by Gasteiger charge is 2.33. The van der Waals surface area contributed by atoms with E-state index in [1.54, 1.807) is 0 Å². The van der Waals surface area contributed by atoms with E-state index < -0.39 is 0 Å². The summed E-state index contributed by atoms with van der Waals surface area (Å²) in [5.41, 5.74) is 8.05. The summed E-state index contributed by atoms with van der Waals surface area (Å²) in [5.74, 6) is 6.53. The zero-order valence-corrected chi connectivity index (χ0v) is 13.1. The minimum absolute atomic E-state index is 0.139. The van der Waals surface area contributed by atoms with Crippen molar-refractivity contribution < 1.29 is 4.79 Å². The lowest BCUT2D eigenvalue weighted by atomic mass is 10.0. The molecule has 3 nitrogen and oxygen atoms in total. The number of carbonyl (C=O) groups is 1. The highest BCUT2D eigenvalue weighted by molar-refractivity contribution is 5.96. The van der Waals surface area contributed by atoms with Crippen LogP contribution in [-0.2, 0) is 0 Å². The Morgan fingerprint density at radius 3 is 2.71 bits per heavy atom. The lowest BCUT2D eigenvalue weighted by Gasteiger charge is -2.25. The molecule has 0 bridgehead atoms. The number of carbonyl (C=O) groups excluding carboxylic acids is 1. The van der Waals surface area contributed by atoms with Crippen molar-refractivity contribution in [1.29, 1.82) is 0 Å². The van der Waals surface area contributed by atoms with Crippen molar-refractivity contribution in [2.45, 2.75) is 39.7 Å². The van der Waals surface area contributed by atoms with E-state index in [2.05, 4.69) is 25.7 Å². The van der Waals surface area contributed by atoms with Gasteiger partial charge in [-0.25, -0.2) is 0 Å². The molecule has 1 aromatic carbocycles. The summed E-state index contributed by atoms with van der Waals surface area (Å²) in [4.78, 5) is 14.9. The average molecular weight is 284 g/mol. The van der Waals surface area contributed by atoms with Crippen LogP contribution in [0.4, 0.5) is 0 Å². The second-order valence-electron chi connectivity index (χ2n) is 6.07. The van der Waals surface area contributed by atoms with Gasteiger partial charge in [-0.2, -0.15) is 0 Å². The largest absolute Gasteiger partial charge is 0.335 e. The first-order valence-corrected chi connectivity index (χ1v) is 7.64. The molecule has 0 spiro atoms. The van der Waals surface area contributed by atoms with Crippen molar-refractivity contribution in [2.75, 3.05) is 13.1 Å². The van der Waals surface area contributed by atoms with Crippen molar-refractivity contribution in [3.8, 4) is 11.8 Å². The molecule has 112 valence electrons. The van der Waals surface area contributed by atoms with Gasteiger partial charge in [0.25, 0.3) is 5.91 Å². The van der Waals surface area contributed by atoms with E-state index in [0.717, 1.165) is 36.1 Å². The number of amides is 1. The molecule has 1 aliphatic rings. The molecule has 0 atom stereocenters. The molecule has 0 radical (unpaired) electrons. The van der Waals surface area contributed by atoms with Crippen LogP contribution in [0.2, 0.25) is 0 Å². The molecule has 0 saturated heterocycles. The molecule has 1 amide bonds. The third-order valence-electron chi connectivity index (χ3n) is 3.70. The summed E-state index contributed by atoms with van der Waals surface area (Å²) in [6, 6.07) is 6.18. The first-order chi connectivity index (χ1) is 10.0. The molecule has 21 heavy (non-hydrogen) atoms. The van der Waals surface area contributed by atoms with Crippen molar-refractivity contribution in [1.82, 2.24) is 4.90 Å². The quantitative estimate of drug-likeness (QED) is 0.864. The Bertz CT molecular complexity index is 577. The van der Waals surface area contributed by atoms with Crippen molar-refractivity contribution in [3.63, 3.8) is 0 Å². The molecule has 3 heteroatoms. The Kier molecular flexibility index (Phi) is 5.03. The number of benzene rings is 1. The first-order valence-electron chi connectivity index (χ1n) is 7.64. The lowest BCUT2D eigenvalue weighted by molar-refractivity contribution is 0.0721. The molecular weight excluding hydrogens is 260 g/mol. The normalized spacial score (nSPS) is 13.8. The van der Waals surface area contributed by atoms with Crippen LogP contribution in [0.1, 0.15) is 48.2 Å². The SMILES string of the molecule is Cc1c(C#CCN)cccc1C(=O)N(CC(C)C)C1CC1. The number of nitrogens with two attached hydrogens (primary N) is 1. The predicted molar refractivity (Wildman–Crippen MR) is 86.0 cm³/mol. The fourth-order valence-corrected chi connectivity index (χ4v) is 2.48. The number of rotatable bonds is 4. The van der Waals surface area contributed by atoms with Crippen LogP contribution in [0.15, 0.2) is 18.2 Å². The van der Waals surface area contributed by atoms with Gasteiger partial charge in [-0.1, -0.05) is 31.8 Å². The molecule has 0 aromatic heterocycles. The molecule has 1 saturated carbocycles. The first kappa shape index (κ1) is 15.6. The smallest absolute Gasteiger partial charge is 0.254 e. The number of hydrogen-bond donors (Lipinski definition) is 1. The summed E-state index contributed by atoms with van der Waals surface area (Å²) in [6.45, 7) is 7.42. The van der Waals surface area contributed by atoms with E-state index in [-0.39, 0.29) is 5.91 Å². The molecule has 0 heterocycles. The van der Waals surface area contributed by atoms with E-state index in [9.17, 15) is 4.79 Å². The maximum Gasteiger partial charge on any atom is 0.254 e. The highest BCUT2D eigenvalue weighted by atomic mass is 16.2. The van der Waals surface area contributed by atoms with Gasteiger partial charge in [0, 0.05) is 23.7 Å². The molecular formula is C18H24N2O. The van der Waals surface area contributed by atoms with E-state index >= 15 is 0 Å². The van der Waals surface area contributed by atoms with Gasteiger partial charge < -0.3 is 10.6 Å². The van der Waals surface area contributed by atoms with Crippen LogP contribution >= 0.6 is 0 Å². The summed E-state index contributed by atoms with van der Waals surface area (Å²) in [6.07, 6.45) is 2.26. The summed E-state index contributed by atoms with van der Waals surface area (Å²) >= 11 is 0. The second-order valence-corrected chi connectivity index (χ2v) is 6.07. The summed E-state index contributed by atoms with van der Waals surface area (Å²) in [5, 5.41) is 0. The van der Waals surface area contributed by atoms with Gasteiger partial charge in [-0.05, 0) is 43.4 Å². The van der Waals surface area contributed by atoms with Crippen molar-refractivity contribution >= 4 is 5.91 Å². The molecule has 1 aromatic rings. The summed E-state index contributed by atoms with van der Waals surface area (Å²) < 4.78 is 0. The number of hydrogen-bond acceptors (Lipinski definition) is 2. The van der Waals surface area contributed by atoms with E-state index in [1.807, 2.05) is 30.0 Å². The highest BCUT2D eigenvalue weighted by Crippen LogP contribution is 2.30. The van der Waals surface area contributed by atoms with Gasteiger partial charge >= 0.3 is 0 Å². The van der Waals surface area contributed by atoms with Gasteiger partial charge in [0.1, 0.15) is 0 Å². The Hall–Kier alpha value is -1.79. The third-order valence-corrected chi connectivity index (χ3v) is 3.70. The van der Waals surface area contributed by atoms with Gasteiger partial charge in [0.05, 0.1) is 6.54 Å². The Balaban J connectivity index is 2.29. The van der Waals surface area contributed by atoms with Gasteiger partial charge in [-0.15, -0.1) is 0 Å². The number of nitrogens with zero attached hydrogens (tertiary/aromatic N) is 1. The Labute approximate surface area is 127 Å². The van der Waals surface area contributed by atoms with Crippen LogP contribution in [-0.4, -0.2) is 29.9 Å². The lowest BCUT2D eigenvalue weighted by Crippen LogP contribution is -2.36. The molecule has 0 aliphatic heterocycles. The van der Waals surface area contributed by atoms with Gasteiger partial charge in [0.15, 0.2) is 0 Å². The topological polar surface area (TPSA) is 46.3 Å². The third kappa shape index (κ3) is 3.86. The Morgan fingerprint density at radius 1 is 1.43 bits per heavy atom. The molecule has 1 aliphatic carbocycles. The van der Waals surface area contributed by atoms with Crippen LogP contribution in [0.3, 0.4) is 0 Å². The standard InChI is InChI=1S/C18H24N2O/c1-13(2)12-20(16-9-10-16)18(21)17-8-4-6-15(14(17)3)7-5-11-19/h4,6,8,13,16H,9-12,19H2,1-3H3. The fraction of sp³-hybridized carbons (Fsp3) is 0.500. The van der Waals surface area contributed by atoms with Crippen molar-refractivity contribution in [2.24, 2.45) is 11.7 Å². The van der Waals surface area contributed by atoms with E-state index in [1.165, 1.54) is 0 Å². The fourth-order valence-electron chi connectivity index (χ4n) is 2.48. The van der Waals surface area contributed by atoms with E-state index in [0.29, 0.717) is 18.5 Å². The molecule has 1 fully saturated rings. The van der Waals surface area contributed by atoms with Gasteiger partial charge in [-0.3, -0.25) is 4.79 Å². The monoisotopic (exact) mass is 284 g/mol. The second kappa shape index (κ2) is 6.78.